The summed E-state index contributed by atoms with van der Waals surface area (Å²) >= 11 is 3.61. The van der Waals surface area contributed by atoms with Gasteiger partial charge in [0.1, 0.15) is 0 Å². The molecule has 1 aliphatic carbocycles. The van der Waals surface area contributed by atoms with Crippen LogP contribution < -0.4 is 5.32 Å². The van der Waals surface area contributed by atoms with Crippen LogP contribution in [0.15, 0.2) is 28.7 Å². The van der Waals surface area contributed by atoms with Gasteiger partial charge in [0.05, 0.1) is 0 Å². The fourth-order valence-corrected chi connectivity index (χ4v) is 2.99. The molecular formula is C14H20BrN. The van der Waals surface area contributed by atoms with Gasteiger partial charge in [-0.1, -0.05) is 47.0 Å². The van der Waals surface area contributed by atoms with Crippen LogP contribution in [-0.4, -0.2) is 12.1 Å². The third-order valence-corrected chi connectivity index (χ3v) is 4.13. The number of hydrogen-bond acceptors (Lipinski definition) is 1. The molecule has 1 unspecified atom stereocenters. The first-order valence-electron chi connectivity index (χ1n) is 6.25. The SMILES string of the molecule is CC(Cc1ccccc1Br)NC1CCCC1. The lowest BCUT2D eigenvalue weighted by molar-refractivity contribution is 0.448. The Morgan fingerprint density at radius 1 is 1.31 bits per heavy atom. The molecule has 0 heterocycles. The van der Waals surface area contributed by atoms with Crippen molar-refractivity contribution < 1.29 is 0 Å². The molecule has 16 heavy (non-hydrogen) atoms. The fraction of sp³-hybridized carbons (Fsp3) is 0.571. The molecule has 1 atom stereocenters. The van der Waals surface area contributed by atoms with Gasteiger partial charge in [-0.05, 0) is 37.8 Å². The second kappa shape index (κ2) is 5.83. The van der Waals surface area contributed by atoms with Gasteiger partial charge in [0.15, 0.2) is 0 Å². The molecule has 2 rings (SSSR count). The van der Waals surface area contributed by atoms with Crippen LogP contribution in [0.1, 0.15) is 38.2 Å². The smallest absolute Gasteiger partial charge is 0.0207 e. The molecular weight excluding hydrogens is 262 g/mol. The molecule has 0 aromatic heterocycles. The Bertz CT molecular complexity index is 331. The molecule has 1 N–H and O–H groups in total. The van der Waals surface area contributed by atoms with Crippen molar-refractivity contribution in [1.29, 1.82) is 0 Å². The molecule has 1 aromatic rings. The summed E-state index contributed by atoms with van der Waals surface area (Å²) in [7, 11) is 0. The van der Waals surface area contributed by atoms with E-state index < -0.39 is 0 Å². The van der Waals surface area contributed by atoms with Crippen LogP contribution in [-0.2, 0) is 6.42 Å². The van der Waals surface area contributed by atoms with Crippen LogP contribution in [0.4, 0.5) is 0 Å². The van der Waals surface area contributed by atoms with Crippen molar-refractivity contribution in [3.63, 3.8) is 0 Å². The molecule has 0 spiro atoms. The van der Waals surface area contributed by atoms with Crippen LogP contribution in [0, 0.1) is 0 Å². The average molecular weight is 282 g/mol. The van der Waals surface area contributed by atoms with Crippen molar-refractivity contribution in [2.24, 2.45) is 0 Å². The van der Waals surface area contributed by atoms with Crippen LogP contribution in [0.5, 0.6) is 0 Å². The highest BCUT2D eigenvalue weighted by Gasteiger charge is 2.17. The second-order valence-electron chi connectivity index (χ2n) is 4.84. The molecule has 0 amide bonds. The van der Waals surface area contributed by atoms with Crippen molar-refractivity contribution >= 4 is 15.9 Å². The minimum Gasteiger partial charge on any atom is -0.311 e. The van der Waals surface area contributed by atoms with E-state index in [0.717, 1.165) is 12.5 Å². The summed E-state index contributed by atoms with van der Waals surface area (Å²) in [5, 5.41) is 3.73. The van der Waals surface area contributed by atoms with Crippen molar-refractivity contribution in [3.8, 4) is 0 Å². The van der Waals surface area contributed by atoms with E-state index in [1.54, 1.807) is 0 Å². The third-order valence-electron chi connectivity index (χ3n) is 3.36. The summed E-state index contributed by atoms with van der Waals surface area (Å²) in [5.74, 6) is 0. The summed E-state index contributed by atoms with van der Waals surface area (Å²) in [5.41, 5.74) is 1.40. The first-order chi connectivity index (χ1) is 7.75. The Hall–Kier alpha value is -0.340. The van der Waals surface area contributed by atoms with Gasteiger partial charge in [0.2, 0.25) is 0 Å². The van der Waals surface area contributed by atoms with E-state index in [1.165, 1.54) is 35.7 Å². The molecule has 0 saturated heterocycles. The zero-order valence-electron chi connectivity index (χ0n) is 9.88. The largest absolute Gasteiger partial charge is 0.311 e. The zero-order valence-corrected chi connectivity index (χ0v) is 11.5. The number of benzene rings is 1. The molecule has 88 valence electrons. The van der Waals surface area contributed by atoms with E-state index in [4.69, 9.17) is 0 Å². The molecule has 1 aliphatic rings. The minimum atomic E-state index is 0.571. The van der Waals surface area contributed by atoms with Crippen LogP contribution in [0.2, 0.25) is 0 Å². The summed E-state index contributed by atoms with van der Waals surface area (Å²) < 4.78 is 1.23. The van der Waals surface area contributed by atoms with Crippen molar-refractivity contribution in [1.82, 2.24) is 5.32 Å². The summed E-state index contributed by atoms with van der Waals surface area (Å²) in [6, 6.07) is 9.85. The van der Waals surface area contributed by atoms with Crippen molar-refractivity contribution in [2.45, 2.75) is 51.1 Å². The van der Waals surface area contributed by atoms with Gasteiger partial charge in [0, 0.05) is 16.6 Å². The summed E-state index contributed by atoms with van der Waals surface area (Å²) in [6.07, 6.45) is 6.64. The van der Waals surface area contributed by atoms with E-state index in [1.807, 2.05) is 0 Å². The molecule has 0 aliphatic heterocycles. The van der Waals surface area contributed by atoms with E-state index >= 15 is 0 Å². The lowest BCUT2D eigenvalue weighted by Gasteiger charge is -2.19. The monoisotopic (exact) mass is 281 g/mol. The average Bonchev–Trinajstić information content (AvgIpc) is 2.74. The molecule has 1 fully saturated rings. The number of halogens is 1. The van der Waals surface area contributed by atoms with Gasteiger partial charge in [-0.25, -0.2) is 0 Å². The van der Waals surface area contributed by atoms with Gasteiger partial charge in [-0.3, -0.25) is 0 Å². The lowest BCUT2D eigenvalue weighted by Crippen LogP contribution is -2.36. The van der Waals surface area contributed by atoms with Gasteiger partial charge < -0.3 is 5.32 Å². The first kappa shape index (κ1) is 12.1. The highest BCUT2D eigenvalue weighted by Crippen LogP contribution is 2.20. The molecule has 2 heteroatoms. The topological polar surface area (TPSA) is 12.0 Å². The van der Waals surface area contributed by atoms with E-state index in [-0.39, 0.29) is 0 Å². The zero-order chi connectivity index (χ0) is 11.4. The van der Waals surface area contributed by atoms with Crippen LogP contribution in [0.25, 0.3) is 0 Å². The Labute approximate surface area is 107 Å². The maximum absolute atomic E-state index is 3.73. The molecule has 1 aromatic carbocycles. The van der Waals surface area contributed by atoms with Gasteiger partial charge in [-0.15, -0.1) is 0 Å². The number of nitrogens with one attached hydrogen (secondary N) is 1. The fourth-order valence-electron chi connectivity index (χ4n) is 2.55. The summed E-state index contributed by atoms with van der Waals surface area (Å²) in [6.45, 7) is 2.29. The number of hydrogen-bond donors (Lipinski definition) is 1. The Morgan fingerprint density at radius 3 is 2.69 bits per heavy atom. The molecule has 1 saturated carbocycles. The summed E-state index contributed by atoms with van der Waals surface area (Å²) in [4.78, 5) is 0. The van der Waals surface area contributed by atoms with Crippen LogP contribution in [0.3, 0.4) is 0 Å². The third kappa shape index (κ3) is 3.33. The Morgan fingerprint density at radius 2 is 2.00 bits per heavy atom. The molecule has 0 radical (unpaired) electrons. The molecule has 0 bridgehead atoms. The second-order valence-corrected chi connectivity index (χ2v) is 5.70. The van der Waals surface area contributed by atoms with E-state index in [9.17, 15) is 0 Å². The van der Waals surface area contributed by atoms with Crippen LogP contribution >= 0.6 is 15.9 Å². The Balaban J connectivity index is 1.86. The predicted molar refractivity (Wildman–Crippen MR) is 72.7 cm³/mol. The maximum atomic E-state index is 3.73. The van der Waals surface area contributed by atoms with E-state index in [0.29, 0.717) is 6.04 Å². The Kier molecular flexibility index (Phi) is 4.42. The first-order valence-corrected chi connectivity index (χ1v) is 7.04. The standard InChI is InChI=1S/C14H20BrN/c1-11(16-13-7-3-4-8-13)10-12-6-2-5-9-14(12)15/h2,5-6,9,11,13,16H,3-4,7-8,10H2,1H3. The maximum Gasteiger partial charge on any atom is 0.0207 e. The lowest BCUT2D eigenvalue weighted by atomic mass is 10.1. The van der Waals surface area contributed by atoms with Crippen molar-refractivity contribution in [3.05, 3.63) is 34.3 Å². The highest BCUT2D eigenvalue weighted by atomic mass is 79.9. The quantitative estimate of drug-likeness (QED) is 0.882. The molecule has 1 nitrogen and oxygen atoms in total. The van der Waals surface area contributed by atoms with E-state index in [2.05, 4.69) is 52.4 Å². The number of rotatable bonds is 4. The van der Waals surface area contributed by atoms with Gasteiger partial charge >= 0.3 is 0 Å². The van der Waals surface area contributed by atoms with Gasteiger partial charge in [-0.2, -0.15) is 0 Å². The van der Waals surface area contributed by atoms with Gasteiger partial charge in [0.25, 0.3) is 0 Å². The highest BCUT2D eigenvalue weighted by molar-refractivity contribution is 9.10. The minimum absolute atomic E-state index is 0.571. The predicted octanol–water partition coefficient (Wildman–Crippen LogP) is 3.91. The normalized spacial score (nSPS) is 18.9. The van der Waals surface area contributed by atoms with Crippen molar-refractivity contribution in [2.75, 3.05) is 0 Å².